The van der Waals surface area contributed by atoms with E-state index in [1.54, 1.807) is 30.3 Å². The SMILES string of the molecule is Cc1ccccc1OCC(=O)Nc1ccc(N2CCN(C(=O)C(F)(F)F)CC2)cc1. The van der Waals surface area contributed by atoms with Gasteiger partial charge >= 0.3 is 12.1 Å². The summed E-state index contributed by atoms with van der Waals surface area (Å²) in [5.74, 6) is -1.45. The van der Waals surface area contributed by atoms with Crippen molar-refractivity contribution in [1.29, 1.82) is 0 Å². The van der Waals surface area contributed by atoms with E-state index < -0.39 is 12.1 Å². The highest BCUT2D eigenvalue weighted by Crippen LogP contribution is 2.23. The van der Waals surface area contributed by atoms with Gasteiger partial charge in [-0.25, -0.2) is 0 Å². The van der Waals surface area contributed by atoms with Crippen LogP contribution in [0, 0.1) is 6.92 Å². The molecule has 1 fully saturated rings. The fraction of sp³-hybridized carbons (Fsp3) is 0.333. The van der Waals surface area contributed by atoms with Crippen molar-refractivity contribution in [2.75, 3.05) is 43.0 Å². The molecule has 0 aliphatic carbocycles. The molecule has 1 saturated heterocycles. The topological polar surface area (TPSA) is 61.9 Å². The number of amides is 2. The number of hydrogen-bond donors (Lipinski definition) is 1. The predicted octanol–water partition coefficient (Wildman–Crippen LogP) is 3.22. The Kier molecular flexibility index (Phi) is 6.49. The molecular formula is C21H22F3N3O3. The fourth-order valence-corrected chi connectivity index (χ4v) is 3.16. The highest BCUT2D eigenvalue weighted by atomic mass is 19.4. The Morgan fingerprint density at radius 3 is 2.23 bits per heavy atom. The summed E-state index contributed by atoms with van der Waals surface area (Å²) in [6.07, 6.45) is -4.84. The number of rotatable bonds is 5. The molecule has 1 heterocycles. The number of benzene rings is 2. The molecule has 0 saturated carbocycles. The lowest BCUT2D eigenvalue weighted by Gasteiger charge is -2.36. The van der Waals surface area contributed by atoms with Crippen LogP contribution >= 0.6 is 0 Å². The van der Waals surface area contributed by atoms with Gasteiger partial charge in [0.05, 0.1) is 0 Å². The highest BCUT2D eigenvalue weighted by molar-refractivity contribution is 5.92. The summed E-state index contributed by atoms with van der Waals surface area (Å²) in [6.45, 7) is 2.39. The number of carbonyl (C=O) groups excluding carboxylic acids is 2. The van der Waals surface area contributed by atoms with Gasteiger partial charge in [-0.3, -0.25) is 9.59 Å². The smallest absolute Gasteiger partial charge is 0.471 e. The standard InChI is InChI=1S/C21H22F3N3O3/c1-15-4-2-3-5-18(15)30-14-19(28)25-16-6-8-17(9-7-16)26-10-12-27(13-11-26)20(29)21(22,23)24/h2-9H,10-14H2,1H3,(H,25,28). The van der Waals surface area contributed by atoms with Gasteiger partial charge in [-0.15, -0.1) is 0 Å². The summed E-state index contributed by atoms with van der Waals surface area (Å²) in [7, 11) is 0. The quantitative estimate of drug-likeness (QED) is 0.806. The number of hydrogen-bond acceptors (Lipinski definition) is 4. The molecule has 0 aromatic heterocycles. The molecule has 30 heavy (non-hydrogen) atoms. The van der Waals surface area contributed by atoms with Crippen LogP contribution in [0.5, 0.6) is 5.75 Å². The number of ether oxygens (including phenoxy) is 1. The first-order valence-electron chi connectivity index (χ1n) is 9.43. The molecule has 0 bridgehead atoms. The molecule has 6 nitrogen and oxygen atoms in total. The molecule has 3 rings (SSSR count). The average Bonchev–Trinajstić information content (AvgIpc) is 2.73. The van der Waals surface area contributed by atoms with Crippen molar-refractivity contribution in [2.24, 2.45) is 0 Å². The monoisotopic (exact) mass is 421 g/mol. The van der Waals surface area contributed by atoms with Gasteiger partial charge in [0.2, 0.25) is 0 Å². The summed E-state index contributed by atoms with van der Waals surface area (Å²) in [6, 6.07) is 14.4. The van der Waals surface area contributed by atoms with Crippen LogP contribution in [-0.4, -0.2) is 55.7 Å². The number of nitrogens with zero attached hydrogens (tertiary/aromatic N) is 2. The zero-order chi connectivity index (χ0) is 21.7. The molecule has 0 radical (unpaired) electrons. The molecule has 1 N–H and O–H groups in total. The van der Waals surface area contributed by atoms with Crippen molar-refractivity contribution >= 4 is 23.2 Å². The fourth-order valence-electron chi connectivity index (χ4n) is 3.16. The Morgan fingerprint density at radius 1 is 1.00 bits per heavy atom. The lowest BCUT2D eigenvalue weighted by molar-refractivity contribution is -0.185. The van der Waals surface area contributed by atoms with E-state index in [2.05, 4.69) is 5.32 Å². The third-order valence-corrected chi connectivity index (χ3v) is 4.78. The molecular weight excluding hydrogens is 399 g/mol. The molecule has 1 aliphatic rings. The number of carbonyl (C=O) groups is 2. The van der Waals surface area contributed by atoms with E-state index in [1.165, 1.54) is 0 Å². The number of aryl methyl sites for hydroxylation is 1. The van der Waals surface area contributed by atoms with Crippen molar-refractivity contribution in [2.45, 2.75) is 13.1 Å². The Bertz CT molecular complexity index is 892. The van der Waals surface area contributed by atoms with E-state index in [9.17, 15) is 22.8 Å². The van der Waals surface area contributed by atoms with Crippen molar-refractivity contribution in [3.63, 3.8) is 0 Å². The maximum absolute atomic E-state index is 12.5. The number of para-hydroxylation sites is 1. The van der Waals surface area contributed by atoms with Gasteiger partial charge in [0, 0.05) is 37.6 Å². The van der Waals surface area contributed by atoms with Crippen LogP contribution in [-0.2, 0) is 9.59 Å². The lowest BCUT2D eigenvalue weighted by Crippen LogP contribution is -2.52. The van der Waals surface area contributed by atoms with E-state index in [0.717, 1.165) is 16.2 Å². The number of halogens is 3. The second-order valence-electron chi connectivity index (χ2n) is 6.93. The maximum atomic E-state index is 12.5. The van der Waals surface area contributed by atoms with Gasteiger partial charge < -0.3 is 19.9 Å². The third kappa shape index (κ3) is 5.43. The Morgan fingerprint density at radius 2 is 1.63 bits per heavy atom. The van der Waals surface area contributed by atoms with Gasteiger partial charge in [0.15, 0.2) is 6.61 Å². The maximum Gasteiger partial charge on any atom is 0.471 e. The molecule has 2 aromatic rings. The Hall–Kier alpha value is -3.23. The zero-order valence-electron chi connectivity index (χ0n) is 16.4. The van der Waals surface area contributed by atoms with Crippen LogP contribution in [0.1, 0.15) is 5.56 Å². The summed E-state index contributed by atoms with van der Waals surface area (Å²) in [4.78, 5) is 26.1. The minimum atomic E-state index is -4.84. The van der Waals surface area contributed by atoms with E-state index in [-0.39, 0.29) is 25.6 Å². The van der Waals surface area contributed by atoms with Crippen molar-refractivity contribution in [3.8, 4) is 5.75 Å². The van der Waals surface area contributed by atoms with Crippen LogP contribution in [0.3, 0.4) is 0 Å². The summed E-state index contributed by atoms with van der Waals surface area (Å²) < 4.78 is 43.1. The number of alkyl halides is 3. The second kappa shape index (κ2) is 9.06. The van der Waals surface area contributed by atoms with Crippen molar-refractivity contribution in [3.05, 3.63) is 54.1 Å². The minimum Gasteiger partial charge on any atom is -0.483 e. The summed E-state index contributed by atoms with van der Waals surface area (Å²) in [5, 5.41) is 2.74. The lowest BCUT2D eigenvalue weighted by atomic mass is 10.2. The normalized spacial score (nSPS) is 14.4. The highest BCUT2D eigenvalue weighted by Gasteiger charge is 2.43. The van der Waals surface area contributed by atoms with Crippen LogP contribution in [0.4, 0.5) is 24.5 Å². The van der Waals surface area contributed by atoms with Gasteiger partial charge in [-0.05, 0) is 42.8 Å². The van der Waals surface area contributed by atoms with Crippen LogP contribution < -0.4 is 15.0 Å². The van der Waals surface area contributed by atoms with Crippen LogP contribution in [0.2, 0.25) is 0 Å². The second-order valence-corrected chi connectivity index (χ2v) is 6.93. The van der Waals surface area contributed by atoms with E-state index in [0.29, 0.717) is 24.5 Å². The van der Waals surface area contributed by atoms with Crippen LogP contribution in [0.15, 0.2) is 48.5 Å². The molecule has 0 spiro atoms. The molecule has 0 atom stereocenters. The zero-order valence-corrected chi connectivity index (χ0v) is 16.4. The summed E-state index contributed by atoms with van der Waals surface area (Å²) in [5.41, 5.74) is 2.33. The molecule has 2 aromatic carbocycles. The first-order chi connectivity index (χ1) is 14.2. The predicted molar refractivity (Wildman–Crippen MR) is 107 cm³/mol. The van der Waals surface area contributed by atoms with Crippen LogP contribution in [0.25, 0.3) is 0 Å². The summed E-state index contributed by atoms with van der Waals surface area (Å²) >= 11 is 0. The van der Waals surface area contributed by atoms with Crippen molar-refractivity contribution < 1.29 is 27.5 Å². The number of piperazine rings is 1. The molecule has 0 unspecified atom stereocenters. The Balaban J connectivity index is 1.49. The van der Waals surface area contributed by atoms with Gasteiger partial charge in [-0.1, -0.05) is 18.2 Å². The van der Waals surface area contributed by atoms with E-state index >= 15 is 0 Å². The molecule has 2 amide bonds. The minimum absolute atomic E-state index is 0.00702. The largest absolute Gasteiger partial charge is 0.483 e. The number of anilines is 2. The van der Waals surface area contributed by atoms with Gasteiger partial charge in [0.1, 0.15) is 5.75 Å². The first-order valence-corrected chi connectivity index (χ1v) is 9.43. The molecule has 160 valence electrons. The van der Waals surface area contributed by atoms with Gasteiger partial charge in [0.25, 0.3) is 5.91 Å². The Labute approximate surface area is 172 Å². The third-order valence-electron chi connectivity index (χ3n) is 4.78. The number of nitrogens with one attached hydrogen (secondary N) is 1. The van der Waals surface area contributed by atoms with Gasteiger partial charge in [-0.2, -0.15) is 13.2 Å². The molecule has 1 aliphatic heterocycles. The first kappa shape index (κ1) is 21.5. The van der Waals surface area contributed by atoms with E-state index in [4.69, 9.17) is 4.74 Å². The van der Waals surface area contributed by atoms with Crippen molar-refractivity contribution in [1.82, 2.24) is 4.90 Å². The van der Waals surface area contributed by atoms with E-state index in [1.807, 2.05) is 30.0 Å². The molecule has 9 heteroatoms. The average molecular weight is 421 g/mol.